The number of amides is 1. The molecule has 0 radical (unpaired) electrons. The minimum absolute atomic E-state index is 0.0547. The lowest BCUT2D eigenvalue weighted by Gasteiger charge is -2.26. The van der Waals surface area contributed by atoms with Gasteiger partial charge in [-0.3, -0.25) is 4.79 Å². The number of hydrogen-bond donors (Lipinski definition) is 0. The van der Waals surface area contributed by atoms with Crippen molar-refractivity contribution in [3.05, 3.63) is 35.9 Å². The monoisotopic (exact) mass is 265 g/mol. The summed E-state index contributed by atoms with van der Waals surface area (Å²) in [5, 5.41) is -0.550. The van der Waals surface area contributed by atoms with Gasteiger partial charge in [0.1, 0.15) is 5.38 Å². The van der Waals surface area contributed by atoms with Crippen molar-refractivity contribution < 1.29 is 4.79 Å². The maximum atomic E-state index is 12.5. The van der Waals surface area contributed by atoms with E-state index in [1.165, 1.54) is 0 Å². The Morgan fingerprint density at radius 3 is 2.44 bits per heavy atom. The van der Waals surface area contributed by atoms with E-state index in [4.69, 9.17) is 11.6 Å². The molecule has 0 bridgehead atoms. The van der Waals surface area contributed by atoms with Gasteiger partial charge in [-0.2, -0.15) is 0 Å². The number of rotatable bonds is 5. The molecule has 2 nitrogen and oxygen atoms in total. The van der Waals surface area contributed by atoms with Crippen molar-refractivity contribution in [2.45, 2.75) is 38.1 Å². The van der Waals surface area contributed by atoms with Crippen molar-refractivity contribution >= 4 is 17.5 Å². The first-order valence-electron chi connectivity index (χ1n) is 6.59. The van der Waals surface area contributed by atoms with Gasteiger partial charge in [-0.1, -0.05) is 44.2 Å². The van der Waals surface area contributed by atoms with Crippen molar-refractivity contribution in [3.63, 3.8) is 0 Å². The topological polar surface area (TPSA) is 20.3 Å². The van der Waals surface area contributed by atoms with Crippen LogP contribution in [0.2, 0.25) is 0 Å². The van der Waals surface area contributed by atoms with Crippen molar-refractivity contribution in [2.75, 3.05) is 6.54 Å². The zero-order chi connectivity index (χ0) is 13.1. The number of alkyl halides is 1. The highest BCUT2D eigenvalue weighted by molar-refractivity contribution is 6.30. The van der Waals surface area contributed by atoms with Crippen LogP contribution in [0.25, 0.3) is 0 Å². The van der Waals surface area contributed by atoms with Crippen LogP contribution in [0.1, 0.15) is 37.6 Å². The summed E-state index contributed by atoms with van der Waals surface area (Å²) in [4.78, 5) is 14.4. The highest BCUT2D eigenvalue weighted by Crippen LogP contribution is 2.32. The van der Waals surface area contributed by atoms with Crippen LogP contribution in [0.15, 0.2) is 30.3 Å². The van der Waals surface area contributed by atoms with E-state index in [0.29, 0.717) is 12.0 Å². The molecule has 0 N–H and O–H groups in total. The standard InChI is InChI=1S/C15H20ClNO/c1-11(2)10-17(13-8-9-13)15(18)14(16)12-6-4-3-5-7-12/h3-7,11,13-14H,8-10H2,1-2H3. The number of nitrogens with zero attached hydrogens (tertiary/aromatic N) is 1. The summed E-state index contributed by atoms with van der Waals surface area (Å²) in [6.45, 7) is 5.07. The van der Waals surface area contributed by atoms with E-state index in [0.717, 1.165) is 24.9 Å². The fraction of sp³-hybridized carbons (Fsp3) is 0.533. The van der Waals surface area contributed by atoms with Crippen LogP contribution < -0.4 is 0 Å². The van der Waals surface area contributed by atoms with Gasteiger partial charge in [-0.15, -0.1) is 11.6 Å². The van der Waals surface area contributed by atoms with E-state index in [1.807, 2.05) is 35.2 Å². The molecule has 1 aliphatic rings. The van der Waals surface area contributed by atoms with Gasteiger partial charge < -0.3 is 4.90 Å². The van der Waals surface area contributed by atoms with Gasteiger partial charge in [-0.05, 0) is 24.3 Å². The summed E-state index contributed by atoms with van der Waals surface area (Å²) in [5.41, 5.74) is 0.888. The summed E-state index contributed by atoms with van der Waals surface area (Å²) in [6, 6.07) is 10.0. The minimum Gasteiger partial charge on any atom is -0.338 e. The molecule has 18 heavy (non-hydrogen) atoms. The molecule has 1 aromatic carbocycles. The van der Waals surface area contributed by atoms with Gasteiger partial charge in [0.25, 0.3) is 0 Å². The van der Waals surface area contributed by atoms with Crippen molar-refractivity contribution in [1.29, 1.82) is 0 Å². The van der Waals surface area contributed by atoms with Crippen LogP contribution >= 0.6 is 11.6 Å². The van der Waals surface area contributed by atoms with Crippen LogP contribution in [-0.2, 0) is 4.79 Å². The number of carbonyl (C=O) groups is 1. The van der Waals surface area contributed by atoms with E-state index in [1.54, 1.807) is 0 Å². The molecule has 2 rings (SSSR count). The van der Waals surface area contributed by atoms with E-state index >= 15 is 0 Å². The predicted molar refractivity (Wildman–Crippen MR) is 74.6 cm³/mol. The molecule has 1 amide bonds. The summed E-state index contributed by atoms with van der Waals surface area (Å²) in [7, 11) is 0. The lowest BCUT2D eigenvalue weighted by atomic mass is 10.1. The number of carbonyl (C=O) groups excluding carboxylic acids is 1. The molecule has 1 atom stereocenters. The second-order valence-electron chi connectivity index (χ2n) is 5.39. The average Bonchev–Trinajstić information content (AvgIpc) is 3.19. The molecular formula is C15H20ClNO. The third-order valence-corrected chi connectivity index (χ3v) is 3.58. The summed E-state index contributed by atoms with van der Waals surface area (Å²) >= 11 is 6.32. The third-order valence-electron chi connectivity index (χ3n) is 3.14. The maximum absolute atomic E-state index is 12.5. The molecule has 1 fully saturated rings. The first-order chi connectivity index (χ1) is 8.59. The normalized spacial score (nSPS) is 16.7. The Kier molecular flexibility index (Phi) is 4.28. The first-order valence-corrected chi connectivity index (χ1v) is 7.02. The van der Waals surface area contributed by atoms with Crippen LogP contribution in [0.3, 0.4) is 0 Å². The maximum Gasteiger partial charge on any atom is 0.245 e. The molecule has 1 saturated carbocycles. The number of halogens is 1. The molecule has 1 aliphatic carbocycles. The largest absolute Gasteiger partial charge is 0.338 e. The number of hydrogen-bond acceptors (Lipinski definition) is 1. The number of benzene rings is 1. The fourth-order valence-corrected chi connectivity index (χ4v) is 2.38. The minimum atomic E-state index is -0.550. The van der Waals surface area contributed by atoms with Crippen LogP contribution in [0.5, 0.6) is 0 Å². The molecule has 0 spiro atoms. The third kappa shape index (κ3) is 3.26. The average molecular weight is 266 g/mol. The lowest BCUT2D eigenvalue weighted by molar-refractivity contribution is -0.132. The summed E-state index contributed by atoms with van der Waals surface area (Å²) in [6.07, 6.45) is 2.24. The summed E-state index contributed by atoms with van der Waals surface area (Å²) in [5.74, 6) is 0.535. The molecule has 98 valence electrons. The molecule has 1 unspecified atom stereocenters. The fourth-order valence-electron chi connectivity index (χ4n) is 2.11. The molecule has 3 heteroatoms. The Morgan fingerprint density at radius 2 is 1.94 bits per heavy atom. The predicted octanol–water partition coefficient (Wildman–Crippen LogP) is 3.61. The Hall–Kier alpha value is -1.02. The van der Waals surface area contributed by atoms with E-state index in [-0.39, 0.29) is 5.91 Å². The van der Waals surface area contributed by atoms with Crippen LogP contribution in [0.4, 0.5) is 0 Å². The lowest BCUT2D eigenvalue weighted by Crippen LogP contribution is -2.38. The Labute approximate surface area is 114 Å². The molecule has 0 aliphatic heterocycles. The van der Waals surface area contributed by atoms with E-state index < -0.39 is 5.38 Å². The highest BCUT2D eigenvalue weighted by Gasteiger charge is 2.35. The Bertz CT molecular complexity index is 400. The van der Waals surface area contributed by atoms with Gasteiger partial charge in [0.15, 0.2) is 0 Å². The molecular weight excluding hydrogens is 246 g/mol. The van der Waals surface area contributed by atoms with Crippen molar-refractivity contribution in [1.82, 2.24) is 4.90 Å². The molecule has 0 aromatic heterocycles. The second kappa shape index (κ2) is 5.75. The van der Waals surface area contributed by atoms with Crippen LogP contribution in [0, 0.1) is 5.92 Å². The molecule has 1 aromatic rings. The summed E-state index contributed by atoms with van der Waals surface area (Å²) < 4.78 is 0. The quantitative estimate of drug-likeness (QED) is 0.745. The van der Waals surface area contributed by atoms with Gasteiger partial charge in [0.05, 0.1) is 0 Å². The highest BCUT2D eigenvalue weighted by atomic mass is 35.5. The smallest absolute Gasteiger partial charge is 0.245 e. The van der Waals surface area contributed by atoms with Crippen LogP contribution in [-0.4, -0.2) is 23.4 Å². The zero-order valence-electron chi connectivity index (χ0n) is 11.0. The molecule has 0 saturated heterocycles. The molecule has 0 heterocycles. The van der Waals surface area contributed by atoms with Crippen molar-refractivity contribution in [2.24, 2.45) is 5.92 Å². The van der Waals surface area contributed by atoms with E-state index in [9.17, 15) is 4.79 Å². The van der Waals surface area contributed by atoms with Crippen molar-refractivity contribution in [3.8, 4) is 0 Å². The van der Waals surface area contributed by atoms with Gasteiger partial charge in [-0.25, -0.2) is 0 Å². The Balaban J connectivity index is 2.08. The SMILES string of the molecule is CC(C)CN(C(=O)C(Cl)c1ccccc1)C1CC1. The first kappa shape index (κ1) is 13.4. The van der Waals surface area contributed by atoms with Gasteiger partial charge in [0, 0.05) is 12.6 Å². The Morgan fingerprint density at radius 1 is 1.33 bits per heavy atom. The van der Waals surface area contributed by atoms with Gasteiger partial charge in [0.2, 0.25) is 5.91 Å². The zero-order valence-corrected chi connectivity index (χ0v) is 11.7. The van der Waals surface area contributed by atoms with Gasteiger partial charge >= 0.3 is 0 Å². The second-order valence-corrected chi connectivity index (χ2v) is 5.83. The van der Waals surface area contributed by atoms with E-state index in [2.05, 4.69) is 13.8 Å².